The molecule has 0 radical (unpaired) electrons. The SMILES string of the molecule is O=S(=O)(O)CCO.[H-].[Na+]. The van der Waals surface area contributed by atoms with Crippen molar-refractivity contribution in [1.29, 1.82) is 0 Å². The van der Waals surface area contributed by atoms with Gasteiger partial charge < -0.3 is 6.53 Å². The Morgan fingerprint density at radius 3 is 1.88 bits per heavy atom. The minimum Gasteiger partial charge on any atom is -1.00 e. The van der Waals surface area contributed by atoms with Gasteiger partial charge in [-0.15, -0.1) is 0 Å². The predicted molar refractivity (Wildman–Crippen MR) is 24.6 cm³/mol. The van der Waals surface area contributed by atoms with Gasteiger partial charge in [-0.3, -0.25) is 4.55 Å². The summed E-state index contributed by atoms with van der Waals surface area (Å²) >= 11 is 0. The molecule has 0 bridgehead atoms. The van der Waals surface area contributed by atoms with Crippen molar-refractivity contribution >= 4 is 10.1 Å². The summed E-state index contributed by atoms with van der Waals surface area (Å²) in [7, 11) is -3.92. The topological polar surface area (TPSA) is 74.6 Å². The van der Waals surface area contributed by atoms with Crippen LogP contribution in [-0.4, -0.2) is 30.4 Å². The summed E-state index contributed by atoms with van der Waals surface area (Å²) in [5, 5.41) is 7.86. The van der Waals surface area contributed by atoms with Crippen LogP contribution >= 0.6 is 0 Å². The Bertz CT molecular complexity index is 132. The summed E-state index contributed by atoms with van der Waals surface area (Å²) in [4.78, 5) is 0. The molecule has 0 atom stereocenters. The van der Waals surface area contributed by atoms with Gasteiger partial charge in [-0.2, -0.15) is 8.42 Å². The van der Waals surface area contributed by atoms with Crippen molar-refractivity contribution in [1.82, 2.24) is 0 Å². The average molecular weight is 150 g/mol. The Morgan fingerprint density at radius 1 is 1.50 bits per heavy atom. The molecule has 0 fully saturated rings. The van der Waals surface area contributed by atoms with Gasteiger partial charge in [0.1, 0.15) is 0 Å². The molecule has 8 heavy (non-hydrogen) atoms. The summed E-state index contributed by atoms with van der Waals surface area (Å²) in [5.74, 6) is -0.576. The standard InChI is InChI=1S/C2H6O4S.Na.H/c3-1-2-7(4,5)6;;/h3H,1-2H2,(H,4,5,6);;/q;+1;-1. The maximum atomic E-state index is 9.63. The first-order chi connectivity index (χ1) is 3.06. The number of aliphatic hydroxyl groups excluding tert-OH is 1. The van der Waals surface area contributed by atoms with E-state index < -0.39 is 22.5 Å². The van der Waals surface area contributed by atoms with Crippen LogP contribution in [0.5, 0.6) is 0 Å². The first kappa shape index (κ1) is 11.6. The van der Waals surface area contributed by atoms with Crippen molar-refractivity contribution in [3.05, 3.63) is 0 Å². The summed E-state index contributed by atoms with van der Waals surface area (Å²) in [5.41, 5.74) is 0. The van der Waals surface area contributed by atoms with Crippen LogP contribution in [0, 0.1) is 0 Å². The van der Waals surface area contributed by atoms with Gasteiger partial charge >= 0.3 is 29.6 Å². The van der Waals surface area contributed by atoms with E-state index in [0.717, 1.165) is 0 Å². The molecule has 0 saturated carbocycles. The van der Waals surface area contributed by atoms with E-state index in [1.807, 2.05) is 0 Å². The van der Waals surface area contributed by atoms with Gasteiger partial charge in [-0.25, -0.2) is 0 Å². The molecule has 0 aliphatic carbocycles. The summed E-state index contributed by atoms with van der Waals surface area (Å²) in [6.07, 6.45) is 0. The largest absolute Gasteiger partial charge is 1.00 e. The second kappa shape index (κ2) is 4.72. The molecule has 0 aliphatic heterocycles. The molecule has 0 aliphatic rings. The van der Waals surface area contributed by atoms with Gasteiger partial charge in [0.25, 0.3) is 10.1 Å². The third-order valence-electron chi connectivity index (χ3n) is 0.349. The number of rotatable bonds is 2. The zero-order valence-corrected chi connectivity index (χ0v) is 7.35. The predicted octanol–water partition coefficient (Wildman–Crippen LogP) is -4.02. The second-order valence-electron chi connectivity index (χ2n) is 1.01. The third-order valence-corrected chi connectivity index (χ3v) is 1.05. The molecular weight excluding hydrogens is 143 g/mol. The van der Waals surface area contributed by atoms with E-state index in [4.69, 9.17) is 9.66 Å². The van der Waals surface area contributed by atoms with Crippen LogP contribution in [-0.2, 0) is 10.1 Å². The summed E-state index contributed by atoms with van der Waals surface area (Å²) in [6.45, 7) is -0.529. The molecule has 0 amide bonds. The van der Waals surface area contributed by atoms with Crippen molar-refractivity contribution in [2.45, 2.75) is 0 Å². The molecule has 0 saturated heterocycles. The van der Waals surface area contributed by atoms with Crippen molar-refractivity contribution < 1.29 is 49.1 Å². The average Bonchev–Trinajstić information content (AvgIpc) is 1.30. The van der Waals surface area contributed by atoms with Crippen molar-refractivity contribution in [2.75, 3.05) is 12.4 Å². The van der Waals surface area contributed by atoms with Crippen LogP contribution in [0.15, 0.2) is 0 Å². The monoisotopic (exact) mass is 150 g/mol. The van der Waals surface area contributed by atoms with E-state index in [0.29, 0.717) is 0 Å². The molecule has 0 unspecified atom stereocenters. The van der Waals surface area contributed by atoms with Gasteiger partial charge in [-0.05, 0) is 0 Å². The molecule has 0 spiro atoms. The number of aliphatic hydroxyl groups is 1. The molecule has 0 heterocycles. The fraction of sp³-hybridized carbons (Fsp3) is 1.00. The number of hydrogen-bond donors (Lipinski definition) is 2. The first-order valence-corrected chi connectivity index (χ1v) is 3.23. The molecule has 0 aromatic carbocycles. The van der Waals surface area contributed by atoms with Crippen LogP contribution in [0.3, 0.4) is 0 Å². The Hall–Kier alpha value is 0.870. The zero-order valence-electron chi connectivity index (χ0n) is 5.53. The summed E-state index contributed by atoms with van der Waals surface area (Å²) in [6, 6.07) is 0. The van der Waals surface area contributed by atoms with Gasteiger partial charge in [0, 0.05) is 0 Å². The van der Waals surface area contributed by atoms with Crippen molar-refractivity contribution in [3.63, 3.8) is 0 Å². The van der Waals surface area contributed by atoms with Crippen LogP contribution < -0.4 is 29.6 Å². The Kier molecular flexibility index (Phi) is 6.87. The number of hydrogen-bond acceptors (Lipinski definition) is 3. The maximum absolute atomic E-state index is 9.63. The van der Waals surface area contributed by atoms with E-state index in [2.05, 4.69) is 0 Å². The summed E-state index contributed by atoms with van der Waals surface area (Å²) < 4.78 is 27.1. The van der Waals surface area contributed by atoms with E-state index in [1.165, 1.54) is 0 Å². The third kappa shape index (κ3) is 9.98. The molecule has 6 heteroatoms. The normalized spacial score (nSPS) is 10.2. The van der Waals surface area contributed by atoms with Crippen molar-refractivity contribution in [2.24, 2.45) is 0 Å². The Balaban J connectivity index is -0.000000180. The zero-order chi connectivity index (χ0) is 5.91. The van der Waals surface area contributed by atoms with E-state index in [9.17, 15) is 8.42 Å². The van der Waals surface area contributed by atoms with Crippen LogP contribution in [0.2, 0.25) is 0 Å². The fourth-order valence-corrected chi connectivity index (χ4v) is 0.346. The first-order valence-electron chi connectivity index (χ1n) is 1.62. The van der Waals surface area contributed by atoms with E-state index in [1.54, 1.807) is 0 Å². The van der Waals surface area contributed by atoms with Gasteiger partial charge in [0.15, 0.2) is 0 Å². The minimum absolute atomic E-state index is 0. The van der Waals surface area contributed by atoms with Crippen LogP contribution in [0.1, 0.15) is 1.43 Å². The molecule has 4 nitrogen and oxygen atoms in total. The quantitative estimate of drug-likeness (QED) is 0.310. The van der Waals surface area contributed by atoms with Crippen LogP contribution in [0.25, 0.3) is 0 Å². The Labute approximate surface area is 71.4 Å². The molecule has 0 rings (SSSR count). The molecule has 0 aromatic rings. The van der Waals surface area contributed by atoms with E-state index >= 15 is 0 Å². The van der Waals surface area contributed by atoms with Gasteiger partial charge in [0.05, 0.1) is 12.4 Å². The van der Waals surface area contributed by atoms with E-state index in [-0.39, 0.29) is 31.0 Å². The van der Waals surface area contributed by atoms with Crippen LogP contribution in [0.4, 0.5) is 0 Å². The molecule has 46 valence electrons. The maximum Gasteiger partial charge on any atom is 1.00 e. The smallest absolute Gasteiger partial charge is 1.00 e. The minimum atomic E-state index is -3.92. The molecular formula is C2H7NaO4S. The van der Waals surface area contributed by atoms with Gasteiger partial charge in [-0.1, -0.05) is 0 Å². The molecule has 0 aromatic heterocycles. The van der Waals surface area contributed by atoms with Crippen molar-refractivity contribution in [3.8, 4) is 0 Å². The second-order valence-corrected chi connectivity index (χ2v) is 2.58. The fourth-order valence-electron chi connectivity index (χ4n) is 0.115. The Morgan fingerprint density at radius 2 is 1.88 bits per heavy atom. The molecule has 2 N–H and O–H groups in total. The van der Waals surface area contributed by atoms with Gasteiger partial charge in [0.2, 0.25) is 0 Å².